The molecule has 28 heavy (non-hydrogen) atoms. The van der Waals surface area contributed by atoms with Crippen LogP contribution in [0.25, 0.3) is 16.9 Å². The van der Waals surface area contributed by atoms with Crippen molar-refractivity contribution in [3.05, 3.63) is 72.4 Å². The van der Waals surface area contributed by atoms with E-state index in [4.69, 9.17) is 9.84 Å². The van der Waals surface area contributed by atoms with Gasteiger partial charge in [-0.1, -0.05) is 48.5 Å². The molecule has 1 aliphatic rings. The van der Waals surface area contributed by atoms with Gasteiger partial charge in [0.1, 0.15) is 0 Å². The minimum Gasteiger partial charge on any atom is -0.377 e. The molecule has 2 heterocycles. The number of hydrogen-bond acceptors (Lipinski definition) is 3. The van der Waals surface area contributed by atoms with Crippen LogP contribution in [-0.2, 0) is 11.3 Å². The van der Waals surface area contributed by atoms with E-state index in [0.29, 0.717) is 26.3 Å². The fourth-order valence-corrected chi connectivity index (χ4v) is 3.39. The number of carbonyl (C=O) groups excluding carboxylic acids is 1. The summed E-state index contributed by atoms with van der Waals surface area (Å²) in [5.74, 6) is 0. The van der Waals surface area contributed by atoms with Crippen LogP contribution in [0, 0.1) is 0 Å². The van der Waals surface area contributed by atoms with Crippen molar-refractivity contribution < 1.29 is 9.53 Å². The second-order valence-electron chi connectivity index (χ2n) is 6.93. The monoisotopic (exact) mass is 376 g/mol. The number of benzene rings is 2. The van der Waals surface area contributed by atoms with E-state index in [9.17, 15) is 4.79 Å². The second kappa shape index (κ2) is 8.27. The van der Waals surface area contributed by atoms with Crippen molar-refractivity contribution in [2.45, 2.75) is 19.5 Å². The van der Waals surface area contributed by atoms with Crippen LogP contribution in [0.5, 0.6) is 0 Å². The molecule has 1 N–H and O–H groups in total. The van der Waals surface area contributed by atoms with Gasteiger partial charge in [0.05, 0.1) is 30.6 Å². The van der Waals surface area contributed by atoms with E-state index in [0.717, 1.165) is 22.5 Å². The van der Waals surface area contributed by atoms with Crippen LogP contribution in [0.2, 0.25) is 0 Å². The Bertz CT molecular complexity index is 924. The van der Waals surface area contributed by atoms with Gasteiger partial charge in [-0.15, -0.1) is 0 Å². The number of hydrogen-bond donors (Lipinski definition) is 1. The SMILES string of the molecule is C[C@H]1COCCN1C(=O)NCc1cn(-c2ccccc2)nc1-c1ccccc1. The number of urea groups is 1. The van der Waals surface area contributed by atoms with E-state index < -0.39 is 0 Å². The molecule has 6 nitrogen and oxygen atoms in total. The van der Waals surface area contributed by atoms with Crippen molar-refractivity contribution in [1.82, 2.24) is 20.0 Å². The Morgan fingerprint density at radius 1 is 1.14 bits per heavy atom. The number of morpholine rings is 1. The summed E-state index contributed by atoms with van der Waals surface area (Å²) in [5.41, 5.74) is 3.87. The summed E-state index contributed by atoms with van der Waals surface area (Å²) in [6.07, 6.45) is 1.99. The van der Waals surface area contributed by atoms with E-state index in [2.05, 4.69) is 5.32 Å². The van der Waals surface area contributed by atoms with Gasteiger partial charge in [-0.25, -0.2) is 9.48 Å². The van der Waals surface area contributed by atoms with Crippen molar-refractivity contribution in [1.29, 1.82) is 0 Å². The van der Waals surface area contributed by atoms with Crippen LogP contribution in [0.3, 0.4) is 0 Å². The highest BCUT2D eigenvalue weighted by molar-refractivity contribution is 5.75. The van der Waals surface area contributed by atoms with Gasteiger partial charge in [-0.05, 0) is 19.1 Å². The smallest absolute Gasteiger partial charge is 0.318 e. The third-order valence-corrected chi connectivity index (χ3v) is 4.92. The van der Waals surface area contributed by atoms with Gasteiger partial charge in [0.15, 0.2) is 0 Å². The lowest BCUT2D eigenvalue weighted by Gasteiger charge is -2.33. The van der Waals surface area contributed by atoms with Crippen molar-refractivity contribution in [3.63, 3.8) is 0 Å². The van der Waals surface area contributed by atoms with E-state index >= 15 is 0 Å². The summed E-state index contributed by atoms with van der Waals surface area (Å²) in [6.45, 7) is 4.19. The van der Waals surface area contributed by atoms with Crippen molar-refractivity contribution in [2.75, 3.05) is 19.8 Å². The first-order valence-electron chi connectivity index (χ1n) is 9.54. The van der Waals surface area contributed by atoms with Crippen molar-refractivity contribution >= 4 is 6.03 Å². The third kappa shape index (κ3) is 3.92. The lowest BCUT2D eigenvalue weighted by atomic mass is 10.1. The summed E-state index contributed by atoms with van der Waals surface area (Å²) >= 11 is 0. The van der Waals surface area contributed by atoms with Crippen LogP contribution in [0.15, 0.2) is 66.9 Å². The Morgan fingerprint density at radius 2 is 1.86 bits per heavy atom. The van der Waals surface area contributed by atoms with E-state index in [1.165, 1.54) is 0 Å². The quantitative estimate of drug-likeness (QED) is 0.758. The number of nitrogens with zero attached hydrogens (tertiary/aromatic N) is 3. The zero-order valence-corrected chi connectivity index (χ0v) is 15.9. The number of rotatable bonds is 4. The highest BCUT2D eigenvalue weighted by atomic mass is 16.5. The molecule has 2 amide bonds. The van der Waals surface area contributed by atoms with Crippen LogP contribution in [-0.4, -0.2) is 46.5 Å². The van der Waals surface area contributed by atoms with Crippen LogP contribution in [0.4, 0.5) is 4.79 Å². The normalized spacial score (nSPS) is 16.8. The van der Waals surface area contributed by atoms with Gasteiger partial charge < -0.3 is 15.0 Å². The predicted octanol–water partition coefficient (Wildman–Crippen LogP) is 3.47. The number of carbonyl (C=O) groups is 1. The first kappa shape index (κ1) is 18.3. The number of nitrogens with one attached hydrogen (secondary N) is 1. The molecule has 6 heteroatoms. The Kier molecular flexibility index (Phi) is 5.39. The summed E-state index contributed by atoms with van der Waals surface area (Å²) in [4.78, 5) is 14.5. The molecule has 1 saturated heterocycles. The molecule has 3 aromatic rings. The van der Waals surface area contributed by atoms with E-state index in [-0.39, 0.29) is 12.1 Å². The molecule has 1 aromatic heterocycles. The zero-order valence-electron chi connectivity index (χ0n) is 15.9. The van der Waals surface area contributed by atoms with Gasteiger partial charge >= 0.3 is 6.03 Å². The minimum atomic E-state index is -0.0673. The highest BCUT2D eigenvalue weighted by Gasteiger charge is 2.24. The highest BCUT2D eigenvalue weighted by Crippen LogP contribution is 2.23. The maximum Gasteiger partial charge on any atom is 0.318 e. The third-order valence-electron chi connectivity index (χ3n) is 4.92. The first-order valence-corrected chi connectivity index (χ1v) is 9.54. The summed E-state index contributed by atoms with van der Waals surface area (Å²) in [7, 11) is 0. The second-order valence-corrected chi connectivity index (χ2v) is 6.93. The molecular formula is C22H24N4O2. The first-order chi connectivity index (χ1) is 13.7. The lowest BCUT2D eigenvalue weighted by Crippen LogP contribution is -2.51. The van der Waals surface area contributed by atoms with Crippen LogP contribution in [0.1, 0.15) is 12.5 Å². The molecule has 1 fully saturated rings. The Labute approximate surface area is 164 Å². The van der Waals surface area contributed by atoms with Crippen LogP contribution < -0.4 is 5.32 Å². The van der Waals surface area contributed by atoms with E-state index in [1.54, 1.807) is 0 Å². The molecule has 1 atom stereocenters. The Balaban J connectivity index is 1.58. The van der Waals surface area contributed by atoms with Gasteiger partial charge in [0.25, 0.3) is 0 Å². The average molecular weight is 376 g/mol. The largest absolute Gasteiger partial charge is 0.377 e. The standard InChI is InChI=1S/C22H24N4O2/c1-17-16-28-13-12-25(17)22(27)23-14-19-15-26(20-10-6-3-7-11-20)24-21(19)18-8-4-2-5-9-18/h2-11,15,17H,12-14,16H2,1H3,(H,23,27)/t17-/m0/s1. The van der Waals surface area contributed by atoms with Crippen molar-refractivity contribution in [2.24, 2.45) is 0 Å². The Hall–Kier alpha value is -3.12. The topological polar surface area (TPSA) is 59.4 Å². The molecule has 1 aliphatic heterocycles. The van der Waals surface area contributed by atoms with Crippen LogP contribution >= 0.6 is 0 Å². The number of ether oxygens (including phenoxy) is 1. The molecule has 4 rings (SSSR count). The molecule has 2 aromatic carbocycles. The van der Waals surface area contributed by atoms with Gasteiger partial charge in [0, 0.05) is 30.4 Å². The molecule has 0 spiro atoms. The summed E-state index contributed by atoms with van der Waals surface area (Å²) in [5, 5.41) is 7.84. The molecule has 0 aliphatic carbocycles. The number of aromatic nitrogens is 2. The number of para-hydroxylation sites is 1. The number of amides is 2. The molecule has 144 valence electrons. The molecule has 0 unspecified atom stereocenters. The van der Waals surface area contributed by atoms with Gasteiger partial charge in [-0.3, -0.25) is 0 Å². The average Bonchev–Trinajstić information content (AvgIpc) is 3.18. The molecule has 0 radical (unpaired) electrons. The maximum absolute atomic E-state index is 12.6. The summed E-state index contributed by atoms with van der Waals surface area (Å²) in [6, 6.07) is 20.0. The molecule has 0 saturated carbocycles. The van der Waals surface area contributed by atoms with Gasteiger partial charge in [-0.2, -0.15) is 5.10 Å². The van der Waals surface area contributed by atoms with Crippen molar-refractivity contribution in [3.8, 4) is 16.9 Å². The predicted molar refractivity (Wildman–Crippen MR) is 108 cm³/mol. The minimum absolute atomic E-state index is 0.0673. The van der Waals surface area contributed by atoms with Gasteiger partial charge in [0.2, 0.25) is 0 Å². The lowest BCUT2D eigenvalue weighted by molar-refractivity contribution is 0.0190. The molecular weight excluding hydrogens is 352 g/mol. The summed E-state index contributed by atoms with van der Waals surface area (Å²) < 4.78 is 7.28. The Morgan fingerprint density at radius 3 is 2.57 bits per heavy atom. The molecule has 0 bridgehead atoms. The fourth-order valence-electron chi connectivity index (χ4n) is 3.39. The zero-order chi connectivity index (χ0) is 19.3. The fraction of sp³-hybridized carbons (Fsp3) is 0.273. The maximum atomic E-state index is 12.6. The van der Waals surface area contributed by atoms with E-state index in [1.807, 2.05) is 83.4 Å².